The molecule has 1 atom stereocenters. The van der Waals surface area contributed by atoms with E-state index in [1.165, 1.54) is 11.1 Å². The van der Waals surface area contributed by atoms with Crippen LogP contribution in [0, 0.1) is 0 Å². The second-order valence-electron chi connectivity index (χ2n) is 11.2. The van der Waals surface area contributed by atoms with E-state index in [-0.39, 0.29) is 22.9 Å². The van der Waals surface area contributed by atoms with Crippen LogP contribution < -0.4 is 10.1 Å². The molecule has 2 fully saturated rings. The molecular formula is C35H36BrN3O5S. The summed E-state index contributed by atoms with van der Waals surface area (Å²) in [7, 11) is -3.70. The monoisotopic (exact) mass is 689 g/mol. The summed E-state index contributed by atoms with van der Waals surface area (Å²) in [6.45, 7) is 3.23. The van der Waals surface area contributed by atoms with Gasteiger partial charge in [-0.05, 0) is 82.4 Å². The van der Waals surface area contributed by atoms with Crippen LogP contribution in [0.2, 0.25) is 0 Å². The minimum Gasteiger partial charge on any atom is -0.490 e. The maximum atomic E-state index is 13.6. The van der Waals surface area contributed by atoms with Gasteiger partial charge in [0.2, 0.25) is 10.0 Å². The lowest BCUT2D eigenvalue weighted by molar-refractivity contribution is 0.0677. The van der Waals surface area contributed by atoms with Gasteiger partial charge in [0, 0.05) is 44.0 Å². The second-order valence-corrected chi connectivity index (χ2v) is 14.0. The number of sulfonamides is 1. The lowest BCUT2D eigenvalue weighted by atomic mass is 9.96. The molecule has 0 bridgehead atoms. The topological polar surface area (TPSA) is 88.2 Å². The van der Waals surface area contributed by atoms with Crippen molar-refractivity contribution in [1.82, 2.24) is 9.21 Å². The fraction of sp³-hybridized carbons (Fsp3) is 0.286. The van der Waals surface area contributed by atoms with E-state index in [4.69, 9.17) is 9.47 Å². The van der Waals surface area contributed by atoms with Crippen molar-refractivity contribution in [2.45, 2.75) is 29.9 Å². The standard InChI is InChI=1S/C35H36BrN3O5S/c36-32-24-28(13-18-33(32)44-25-30-12-7-23-43-30)35(40)37-29-14-16-31(17-15-29)45(41,42)39-21-19-38(20-22-39)34(26-8-3-1-4-9-26)27-10-5-2-6-11-27/h1-6,8-11,13-18,24,30,34H,7,12,19-23,25H2,(H,37,40). The molecule has 8 nitrogen and oxygen atoms in total. The van der Waals surface area contributed by atoms with E-state index in [1.54, 1.807) is 46.8 Å². The molecule has 45 heavy (non-hydrogen) atoms. The quantitative estimate of drug-likeness (QED) is 0.209. The Labute approximate surface area is 273 Å². The smallest absolute Gasteiger partial charge is 0.255 e. The van der Waals surface area contributed by atoms with Crippen molar-refractivity contribution in [3.05, 3.63) is 124 Å². The third-order valence-corrected chi connectivity index (χ3v) is 10.8. The van der Waals surface area contributed by atoms with E-state index in [9.17, 15) is 13.2 Å². The number of amides is 1. The number of benzene rings is 4. The first-order valence-corrected chi connectivity index (χ1v) is 17.4. The lowest BCUT2D eigenvalue weighted by Gasteiger charge is -2.39. The molecule has 2 saturated heterocycles. The minimum atomic E-state index is -3.70. The molecule has 0 radical (unpaired) electrons. The molecule has 4 aromatic carbocycles. The van der Waals surface area contributed by atoms with E-state index in [0.29, 0.717) is 54.3 Å². The maximum absolute atomic E-state index is 13.6. The highest BCUT2D eigenvalue weighted by Gasteiger charge is 2.32. The number of rotatable bonds is 10. The first kappa shape index (κ1) is 31.4. The zero-order valence-corrected chi connectivity index (χ0v) is 27.3. The molecule has 1 N–H and O–H groups in total. The van der Waals surface area contributed by atoms with Gasteiger partial charge in [-0.2, -0.15) is 4.31 Å². The Bertz CT molecular complexity index is 1650. The number of nitrogens with one attached hydrogen (secondary N) is 1. The Kier molecular flexibility index (Phi) is 9.97. The normalized spacial score (nSPS) is 17.8. The highest BCUT2D eigenvalue weighted by Crippen LogP contribution is 2.31. The number of halogens is 1. The lowest BCUT2D eigenvalue weighted by Crippen LogP contribution is -2.49. The van der Waals surface area contributed by atoms with Gasteiger partial charge >= 0.3 is 0 Å². The number of hydrogen-bond acceptors (Lipinski definition) is 6. The Hall–Kier alpha value is -3.54. The minimum absolute atomic E-state index is 0.0519. The van der Waals surface area contributed by atoms with Gasteiger partial charge in [-0.15, -0.1) is 0 Å². The first-order chi connectivity index (χ1) is 21.9. The van der Waals surface area contributed by atoms with Crippen LogP contribution in [-0.4, -0.2) is 69.0 Å². The average molecular weight is 691 g/mol. The van der Waals surface area contributed by atoms with Crippen molar-refractivity contribution in [3.8, 4) is 5.75 Å². The number of hydrogen-bond donors (Lipinski definition) is 1. The molecular weight excluding hydrogens is 654 g/mol. The number of ether oxygens (including phenoxy) is 2. The molecule has 2 heterocycles. The van der Waals surface area contributed by atoms with E-state index >= 15 is 0 Å². The molecule has 0 saturated carbocycles. The average Bonchev–Trinajstić information content (AvgIpc) is 3.60. The van der Waals surface area contributed by atoms with E-state index in [0.717, 1.165) is 19.4 Å². The van der Waals surface area contributed by atoms with Crippen LogP contribution in [0.4, 0.5) is 5.69 Å². The largest absolute Gasteiger partial charge is 0.490 e. The number of carbonyl (C=O) groups excluding carboxylic acids is 1. The number of anilines is 1. The zero-order chi connectivity index (χ0) is 31.2. The van der Waals surface area contributed by atoms with Crippen molar-refractivity contribution >= 4 is 37.5 Å². The van der Waals surface area contributed by atoms with Gasteiger partial charge in [0.25, 0.3) is 5.91 Å². The number of piperazine rings is 1. The highest BCUT2D eigenvalue weighted by atomic mass is 79.9. The third kappa shape index (κ3) is 7.48. The first-order valence-electron chi connectivity index (χ1n) is 15.2. The second kappa shape index (κ2) is 14.3. The highest BCUT2D eigenvalue weighted by molar-refractivity contribution is 9.10. The molecule has 2 aliphatic rings. The van der Waals surface area contributed by atoms with E-state index in [1.807, 2.05) is 36.4 Å². The van der Waals surface area contributed by atoms with Crippen molar-refractivity contribution in [2.75, 3.05) is 44.7 Å². The van der Waals surface area contributed by atoms with Crippen molar-refractivity contribution < 1.29 is 22.7 Å². The zero-order valence-electron chi connectivity index (χ0n) is 24.8. The van der Waals surface area contributed by atoms with Crippen LogP contribution in [0.25, 0.3) is 0 Å². The molecule has 1 unspecified atom stereocenters. The van der Waals surface area contributed by atoms with Gasteiger partial charge in [0.15, 0.2) is 0 Å². The summed E-state index contributed by atoms with van der Waals surface area (Å²) >= 11 is 3.49. The molecule has 10 heteroatoms. The molecule has 4 aromatic rings. The molecule has 2 aliphatic heterocycles. The summed E-state index contributed by atoms with van der Waals surface area (Å²) in [6.07, 6.45) is 2.13. The number of nitrogens with zero attached hydrogens (tertiary/aromatic N) is 2. The fourth-order valence-electron chi connectivity index (χ4n) is 5.87. The van der Waals surface area contributed by atoms with Gasteiger partial charge in [-0.25, -0.2) is 8.42 Å². The van der Waals surface area contributed by atoms with Crippen LogP contribution in [0.3, 0.4) is 0 Å². The predicted molar refractivity (Wildman–Crippen MR) is 178 cm³/mol. The van der Waals surface area contributed by atoms with Gasteiger partial charge in [-0.3, -0.25) is 9.69 Å². The maximum Gasteiger partial charge on any atom is 0.255 e. The third-order valence-electron chi connectivity index (χ3n) is 8.26. The van der Waals surface area contributed by atoms with Crippen molar-refractivity contribution in [3.63, 3.8) is 0 Å². The molecule has 6 rings (SSSR count). The van der Waals surface area contributed by atoms with Gasteiger partial charge in [0.1, 0.15) is 12.4 Å². The predicted octanol–water partition coefficient (Wildman–Crippen LogP) is 6.36. The summed E-state index contributed by atoms with van der Waals surface area (Å²) in [5, 5.41) is 2.85. The van der Waals surface area contributed by atoms with Gasteiger partial charge < -0.3 is 14.8 Å². The van der Waals surface area contributed by atoms with E-state index < -0.39 is 10.0 Å². The van der Waals surface area contributed by atoms with Crippen LogP contribution >= 0.6 is 15.9 Å². The molecule has 0 aliphatic carbocycles. The Morgan fingerprint density at radius 1 is 0.889 bits per heavy atom. The Balaban J connectivity index is 1.07. The summed E-state index contributed by atoms with van der Waals surface area (Å²) < 4.78 is 40.8. The molecule has 234 valence electrons. The summed E-state index contributed by atoms with van der Waals surface area (Å²) in [5.74, 6) is 0.340. The molecule has 0 spiro atoms. The van der Waals surface area contributed by atoms with Crippen molar-refractivity contribution in [1.29, 1.82) is 0 Å². The van der Waals surface area contributed by atoms with E-state index in [2.05, 4.69) is 50.4 Å². The summed E-state index contributed by atoms with van der Waals surface area (Å²) in [4.78, 5) is 15.5. The fourth-order valence-corrected chi connectivity index (χ4v) is 7.78. The Morgan fingerprint density at radius 2 is 1.53 bits per heavy atom. The van der Waals surface area contributed by atoms with Crippen LogP contribution in [0.15, 0.2) is 112 Å². The van der Waals surface area contributed by atoms with Gasteiger partial charge in [0.05, 0.1) is 21.5 Å². The van der Waals surface area contributed by atoms with Crippen LogP contribution in [0.5, 0.6) is 5.75 Å². The van der Waals surface area contributed by atoms with Crippen LogP contribution in [-0.2, 0) is 14.8 Å². The van der Waals surface area contributed by atoms with Crippen molar-refractivity contribution in [2.24, 2.45) is 0 Å². The molecule has 0 aromatic heterocycles. The van der Waals surface area contributed by atoms with Crippen LogP contribution in [0.1, 0.15) is 40.4 Å². The molecule has 1 amide bonds. The number of carbonyl (C=O) groups is 1. The SMILES string of the molecule is O=C(Nc1ccc(S(=O)(=O)N2CCN(C(c3ccccc3)c3ccccc3)CC2)cc1)c1ccc(OCC2CCCO2)c(Br)c1. The summed E-state index contributed by atoms with van der Waals surface area (Å²) in [6, 6.07) is 32.2. The van der Waals surface area contributed by atoms with Gasteiger partial charge in [-0.1, -0.05) is 60.7 Å². The Morgan fingerprint density at radius 3 is 2.11 bits per heavy atom. The summed E-state index contributed by atoms with van der Waals surface area (Å²) in [5.41, 5.74) is 3.32.